The number of aromatic carboxylic acids is 1. The Balaban J connectivity index is 1.63. The number of hydrogen-bond donors (Lipinski definition) is 4. The van der Waals surface area contributed by atoms with E-state index in [4.69, 9.17) is 4.74 Å². The maximum atomic E-state index is 12.3. The SMILES string of the molecule is Cn1c(CNC2CCC2)cc2cc3c(cc21)OCCc1c-3[nH]c(=O)c(C(=O)O)c1O. The minimum absolute atomic E-state index is 0.269. The molecule has 4 N–H and O–H groups in total. The number of carboxylic acid groups (broad SMARTS) is 1. The predicted octanol–water partition coefficient (Wildman–Crippen LogP) is 2.51. The molecule has 2 aliphatic rings. The number of hydrogen-bond acceptors (Lipinski definition) is 5. The highest BCUT2D eigenvalue weighted by atomic mass is 16.5. The van der Waals surface area contributed by atoms with Crippen molar-refractivity contribution in [3.63, 3.8) is 0 Å². The molecule has 0 saturated heterocycles. The van der Waals surface area contributed by atoms with Crippen molar-refractivity contribution in [3.05, 3.63) is 45.4 Å². The number of carbonyl (C=O) groups is 1. The summed E-state index contributed by atoms with van der Waals surface area (Å²) in [6, 6.07) is 6.56. The first-order valence-corrected chi connectivity index (χ1v) is 10.1. The highest BCUT2D eigenvalue weighted by Crippen LogP contribution is 2.40. The zero-order valence-corrected chi connectivity index (χ0v) is 16.6. The normalized spacial score (nSPS) is 15.8. The number of carboxylic acids is 1. The van der Waals surface area contributed by atoms with E-state index >= 15 is 0 Å². The van der Waals surface area contributed by atoms with Crippen molar-refractivity contribution in [1.29, 1.82) is 0 Å². The van der Waals surface area contributed by atoms with Crippen LogP contribution in [-0.2, 0) is 20.0 Å². The van der Waals surface area contributed by atoms with Crippen LogP contribution in [0.4, 0.5) is 0 Å². The van der Waals surface area contributed by atoms with E-state index in [9.17, 15) is 19.8 Å². The number of rotatable bonds is 4. The number of pyridine rings is 1. The van der Waals surface area contributed by atoms with Gasteiger partial charge in [0.05, 0.1) is 17.8 Å². The molecule has 1 fully saturated rings. The Morgan fingerprint density at radius 3 is 2.83 bits per heavy atom. The third-order valence-corrected chi connectivity index (χ3v) is 6.30. The van der Waals surface area contributed by atoms with E-state index in [0.717, 1.165) is 23.1 Å². The lowest BCUT2D eigenvalue weighted by atomic mass is 9.93. The van der Waals surface area contributed by atoms with Crippen LogP contribution in [0.2, 0.25) is 0 Å². The first-order chi connectivity index (χ1) is 14.4. The lowest BCUT2D eigenvalue weighted by molar-refractivity contribution is 0.0691. The molecule has 8 heteroatoms. The van der Waals surface area contributed by atoms with Gasteiger partial charge in [0, 0.05) is 54.3 Å². The Labute approximate surface area is 172 Å². The molecule has 1 aliphatic carbocycles. The van der Waals surface area contributed by atoms with Crippen LogP contribution in [0.3, 0.4) is 0 Å². The number of fused-ring (bicyclic) bond motifs is 4. The van der Waals surface area contributed by atoms with Gasteiger partial charge >= 0.3 is 5.97 Å². The number of nitrogens with one attached hydrogen (secondary N) is 2. The zero-order chi connectivity index (χ0) is 21.0. The van der Waals surface area contributed by atoms with E-state index in [2.05, 4.69) is 20.9 Å². The summed E-state index contributed by atoms with van der Waals surface area (Å²) in [6.45, 7) is 1.04. The summed E-state index contributed by atoms with van der Waals surface area (Å²) in [5, 5.41) is 24.3. The van der Waals surface area contributed by atoms with E-state index in [1.807, 2.05) is 19.2 Å². The quantitative estimate of drug-likeness (QED) is 0.526. The monoisotopic (exact) mass is 409 g/mol. The molecule has 0 unspecified atom stereocenters. The Kier molecular flexibility index (Phi) is 4.32. The number of H-pyrrole nitrogens is 1. The molecule has 0 bridgehead atoms. The predicted molar refractivity (Wildman–Crippen MR) is 111 cm³/mol. The summed E-state index contributed by atoms with van der Waals surface area (Å²) in [4.78, 5) is 26.4. The van der Waals surface area contributed by atoms with Gasteiger partial charge in [0.25, 0.3) is 5.56 Å². The lowest BCUT2D eigenvalue weighted by Gasteiger charge is -2.26. The van der Waals surface area contributed by atoms with Gasteiger partial charge in [-0.25, -0.2) is 4.79 Å². The average molecular weight is 409 g/mol. The second kappa shape index (κ2) is 6.91. The number of benzene rings is 1. The largest absolute Gasteiger partial charge is 0.506 e. The molecule has 1 aliphatic heterocycles. The molecule has 3 aromatic rings. The van der Waals surface area contributed by atoms with Crippen LogP contribution in [0.1, 0.15) is 40.9 Å². The molecule has 30 heavy (non-hydrogen) atoms. The van der Waals surface area contributed by atoms with Crippen LogP contribution in [0.5, 0.6) is 11.5 Å². The van der Waals surface area contributed by atoms with Crippen molar-refractivity contribution >= 4 is 16.9 Å². The van der Waals surface area contributed by atoms with Crippen molar-refractivity contribution < 1.29 is 19.7 Å². The van der Waals surface area contributed by atoms with Gasteiger partial charge in [0.2, 0.25) is 0 Å². The van der Waals surface area contributed by atoms with E-state index in [1.165, 1.54) is 19.3 Å². The standard InChI is InChI=1S/C22H23N3O5/c1-25-13(10-23-12-3-2-4-12)7-11-8-15-17(9-16(11)25)30-6-5-14-19(15)24-21(27)18(20(14)26)22(28)29/h7-9,12,23H,2-6,10H2,1H3,(H,28,29)(H2,24,26,27). The van der Waals surface area contributed by atoms with Crippen molar-refractivity contribution in [1.82, 2.24) is 14.9 Å². The fourth-order valence-corrected chi connectivity index (χ4v) is 4.33. The van der Waals surface area contributed by atoms with Crippen molar-refractivity contribution in [2.24, 2.45) is 7.05 Å². The molecule has 156 valence electrons. The number of aromatic hydroxyl groups is 1. The van der Waals surface area contributed by atoms with Crippen LogP contribution in [0, 0.1) is 0 Å². The maximum absolute atomic E-state index is 12.3. The first kappa shape index (κ1) is 18.7. The summed E-state index contributed by atoms with van der Waals surface area (Å²) < 4.78 is 8.04. The van der Waals surface area contributed by atoms with Crippen molar-refractivity contribution in [3.8, 4) is 22.8 Å². The van der Waals surface area contributed by atoms with Gasteiger partial charge in [-0.3, -0.25) is 4.79 Å². The van der Waals surface area contributed by atoms with Crippen LogP contribution >= 0.6 is 0 Å². The topological polar surface area (TPSA) is 117 Å². The number of nitrogens with zero attached hydrogens (tertiary/aromatic N) is 1. The molecule has 2 aromatic heterocycles. The van der Waals surface area contributed by atoms with Crippen LogP contribution in [0.25, 0.3) is 22.2 Å². The number of aryl methyl sites for hydroxylation is 1. The van der Waals surface area contributed by atoms with Crippen molar-refractivity contribution in [2.45, 2.75) is 38.3 Å². The number of ether oxygens (including phenoxy) is 1. The Hall–Kier alpha value is -3.26. The van der Waals surface area contributed by atoms with Crippen LogP contribution in [0.15, 0.2) is 23.0 Å². The van der Waals surface area contributed by atoms with Gasteiger partial charge in [-0.15, -0.1) is 0 Å². The van der Waals surface area contributed by atoms with E-state index in [0.29, 0.717) is 35.0 Å². The van der Waals surface area contributed by atoms with Gasteiger partial charge < -0.3 is 29.8 Å². The lowest BCUT2D eigenvalue weighted by Crippen LogP contribution is -2.34. The van der Waals surface area contributed by atoms with E-state index < -0.39 is 22.8 Å². The summed E-state index contributed by atoms with van der Waals surface area (Å²) in [6.07, 6.45) is 4.01. The molecule has 0 radical (unpaired) electrons. The van der Waals surface area contributed by atoms with Gasteiger partial charge in [-0.05, 0) is 25.0 Å². The molecule has 8 nitrogen and oxygen atoms in total. The average Bonchev–Trinajstić information content (AvgIpc) is 2.85. The molecule has 3 heterocycles. The Bertz CT molecular complexity index is 1240. The summed E-state index contributed by atoms with van der Waals surface area (Å²) in [5.74, 6) is -1.35. The van der Waals surface area contributed by atoms with E-state index in [1.54, 1.807) is 0 Å². The summed E-state index contributed by atoms with van der Waals surface area (Å²) in [5.41, 5.74) is 2.13. The van der Waals surface area contributed by atoms with Crippen LogP contribution < -0.4 is 15.6 Å². The third-order valence-electron chi connectivity index (χ3n) is 6.30. The molecule has 0 atom stereocenters. The van der Waals surface area contributed by atoms with Crippen LogP contribution in [-0.4, -0.2) is 38.4 Å². The fraction of sp³-hybridized carbons (Fsp3) is 0.364. The number of aromatic amines is 1. The van der Waals surface area contributed by atoms with Gasteiger partial charge in [0.1, 0.15) is 11.5 Å². The Morgan fingerprint density at radius 2 is 2.13 bits per heavy atom. The molecular weight excluding hydrogens is 386 g/mol. The fourth-order valence-electron chi connectivity index (χ4n) is 4.33. The second-order valence-corrected chi connectivity index (χ2v) is 8.05. The minimum atomic E-state index is -1.45. The summed E-state index contributed by atoms with van der Waals surface area (Å²) >= 11 is 0. The smallest absolute Gasteiger partial charge is 0.345 e. The highest BCUT2D eigenvalue weighted by molar-refractivity contribution is 5.94. The second-order valence-electron chi connectivity index (χ2n) is 8.05. The molecule has 5 rings (SSSR count). The summed E-state index contributed by atoms with van der Waals surface area (Å²) in [7, 11) is 2.02. The molecular formula is C22H23N3O5. The van der Waals surface area contributed by atoms with Gasteiger partial charge in [0.15, 0.2) is 5.56 Å². The van der Waals surface area contributed by atoms with Crippen molar-refractivity contribution in [2.75, 3.05) is 6.61 Å². The maximum Gasteiger partial charge on any atom is 0.345 e. The van der Waals surface area contributed by atoms with E-state index in [-0.39, 0.29) is 6.61 Å². The first-order valence-electron chi connectivity index (χ1n) is 10.1. The highest BCUT2D eigenvalue weighted by Gasteiger charge is 2.27. The zero-order valence-electron chi connectivity index (χ0n) is 16.6. The number of aromatic nitrogens is 2. The molecule has 0 spiro atoms. The molecule has 0 amide bonds. The molecule has 1 aromatic carbocycles. The van der Waals surface area contributed by atoms with Gasteiger partial charge in [-0.1, -0.05) is 6.42 Å². The Morgan fingerprint density at radius 1 is 1.33 bits per heavy atom. The third kappa shape index (κ3) is 2.87. The molecule has 1 saturated carbocycles. The minimum Gasteiger partial charge on any atom is -0.506 e. The van der Waals surface area contributed by atoms with Gasteiger partial charge in [-0.2, -0.15) is 0 Å².